The fourth-order valence-electron chi connectivity index (χ4n) is 2.52. The van der Waals surface area contributed by atoms with Crippen LogP contribution in [0.5, 0.6) is 0 Å². The van der Waals surface area contributed by atoms with Crippen LogP contribution in [0.25, 0.3) is 10.9 Å². The summed E-state index contributed by atoms with van der Waals surface area (Å²) in [7, 11) is 0. The fourth-order valence-corrected chi connectivity index (χ4v) is 2.90. The van der Waals surface area contributed by atoms with Gasteiger partial charge in [0.05, 0.1) is 16.1 Å². The van der Waals surface area contributed by atoms with Gasteiger partial charge in [-0.3, -0.25) is 0 Å². The zero-order chi connectivity index (χ0) is 12.9. The van der Waals surface area contributed by atoms with Gasteiger partial charge in [0.25, 0.3) is 0 Å². The number of fused-ring (bicyclic) bond motifs is 3. The fraction of sp³-hybridized carbons (Fsp3) is 0.250. The molecule has 1 aliphatic rings. The summed E-state index contributed by atoms with van der Waals surface area (Å²) in [6.45, 7) is 0.628. The van der Waals surface area contributed by atoms with Crippen LogP contribution >= 0.6 is 23.2 Å². The highest BCUT2D eigenvalue weighted by Gasteiger charge is 2.25. The lowest BCUT2D eigenvalue weighted by Gasteiger charge is -2.09. The molecule has 1 unspecified atom stereocenters. The average molecular weight is 285 g/mol. The van der Waals surface area contributed by atoms with Crippen LogP contribution in [0, 0.1) is 0 Å². The van der Waals surface area contributed by atoms with Crippen molar-refractivity contribution in [3.05, 3.63) is 33.9 Å². The monoisotopic (exact) mass is 284 g/mol. The van der Waals surface area contributed by atoms with Gasteiger partial charge in [-0.15, -0.1) is 0 Å². The van der Waals surface area contributed by atoms with Gasteiger partial charge in [0.15, 0.2) is 0 Å². The number of hydrogen-bond donors (Lipinski definition) is 2. The second-order valence-electron chi connectivity index (χ2n) is 4.39. The predicted molar refractivity (Wildman–Crippen MR) is 70.6 cm³/mol. The van der Waals surface area contributed by atoms with Crippen molar-refractivity contribution in [2.24, 2.45) is 0 Å². The largest absolute Gasteiger partial charge is 0.465 e. The lowest BCUT2D eigenvalue weighted by Crippen LogP contribution is -2.34. The second kappa shape index (κ2) is 4.07. The molecule has 0 saturated carbocycles. The van der Waals surface area contributed by atoms with Crippen LogP contribution in [-0.4, -0.2) is 21.8 Å². The molecular formula is C12H10Cl2N2O2. The van der Waals surface area contributed by atoms with Crippen LogP contribution in [0.15, 0.2) is 18.2 Å². The molecule has 94 valence electrons. The Morgan fingerprint density at radius 1 is 1.44 bits per heavy atom. The van der Waals surface area contributed by atoms with E-state index in [1.165, 1.54) is 0 Å². The van der Waals surface area contributed by atoms with Crippen molar-refractivity contribution >= 4 is 40.2 Å². The van der Waals surface area contributed by atoms with Gasteiger partial charge in [0.2, 0.25) is 0 Å². The Bertz CT molecular complexity index is 651. The molecule has 1 amide bonds. The molecule has 18 heavy (non-hydrogen) atoms. The molecule has 0 bridgehead atoms. The Kier molecular flexibility index (Phi) is 2.64. The lowest BCUT2D eigenvalue weighted by molar-refractivity contribution is 0.189. The minimum atomic E-state index is -0.990. The number of rotatable bonds is 1. The summed E-state index contributed by atoms with van der Waals surface area (Å²) in [5.74, 6) is 0. The molecule has 0 spiro atoms. The zero-order valence-corrected chi connectivity index (χ0v) is 10.8. The molecule has 2 aromatic rings. The molecule has 0 radical (unpaired) electrons. The van der Waals surface area contributed by atoms with Gasteiger partial charge in [-0.1, -0.05) is 23.2 Å². The number of aromatic nitrogens is 1. The summed E-state index contributed by atoms with van der Waals surface area (Å²) in [5.41, 5.74) is 2.07. The quantitative estimate of drug-likeness (QED) is 0.845. The smallest absolute Gasteiger partial charge is 0.404 e. The number of halogens is 2. The van der Waals surface area contributed by atoms with Crippen molar-refractivity contribution in [2.75, 3.05) is 0 Å². The third kappa shape index (κ3) is 1.72. The van der Waals surface area contributed by atoms with E-state index in [1.807, 2.05) is 12.1 Å². The van der Waals surface area contributed by atoms with Crippen molar-refractivity contribution in [2.45, 2.75) is 19.0 Å². The third-order valence-corrected chi connectivity index (χ3v) is 4.06. The maximum atomic E-state index is 10.6. The maximum Gasteiger partial charge on any atom is 0.404 e. The second-order valence-corrected chi connectivity index (χ2v) is 5.18. The molecule has 4 nitrogen and oxygen atoms in total. The van der Waals surface area contributed by atoms with Gasteiger partial charge in [0, 0.05) is 29.6 Å². The molecule has 6 heteroatoms. The molecule has 0 aliphatic carbocycles. The van der Waals surface area contributed by atoms with Gasteiger partial charge >= 0.3 is 6.09 Å². The molecule has 0 saturated heterocycles. The van der Waals surface area contributed by atoms with Crippen molar-refractivity contribution in [1.82, 2.24) is 9.88 Å². The summed E-state index contributed by atoms with van der Waals surface area (Å²) in [6, 6.07) is 5.58. The topological polar surface area (TPSA) is 54.3 Å². The van der Waals surface area contributed by atoms with E-state index in [2.05, 4.69) is 9.88 Å². The number of amides is 1. The van der Waals surface area contributed by atoms with Crippen LogP contribution in [-0.2, 0) is 13.0 Å². The van der Waals surface area contributed by atoms with E-state index in [-0.39, 0.29) is 6.04 Å². The van der Waals surface area contributed by atoms with Crippen molar-refractivity contribution in [3.63, 3.8) is 0 Å². The molecular weight excluding hydrogens is 275 g/mol. The van der Waals surface area contributed by atoms with Gasteiger partial charge in [-0.25, -0.2) is 4.79 Å². The van der Waals surface area contributed by atoms with Gasteiger partial charge < -0.3 is 15.0 Å². The normalized spacial score (nSPS) is 18.0. The van der Waals surface area contributed by atoms with E-state index < -0.39 is 6.09 Å². The summed E-state index contributed by atoms with van der Waals surface area (Å²) < 4.78 is 2.08. The molecule has 1 aromatic heterocycles. The Labute approximate surface area is 113 Å². The molecule has 1 aliphatic heterocycles. The Morgan fingerprint density at radius 3 is 2.94 bits per heavy atom. The highest BCUT2D eigenvalue weighted by Crippen LogP contribution is 2.35. The van der Waals surface area contributed by atoms with Crippen molar-refractivity contribution < 1.29 is 9.90 Å². The van der Waals surface area contributed by atoms with Crippen LogP contribution in [0.4, 0.5) is 4.79 Å². The van der Waals surface area contributed by atoms with E-state index in [9.17, 15) is 4.79 Å². The first-order valence-electron chi connectivity index (χ1n) is 5.52. The molecule has 0 fully saturated rings. The van der Waals surface area contributed by atoms with Crippen LogP contribution in [0.2, 0.25) is 10.0 Å². The highest BCUT2D eigenvalue weighted by molar-refractivity contribution is 6.45. The number of benzene rings is 1. The van der Waals surface area contributed by atoms with Crippen LogP contribution in [0.1, 0.15) is 5.69 Å². The number of carboxylic acid groups (broad SMARTS) is 1. The maximum absolute atomic E-state index is 10.6. The van der Waals surface area contributed by atoms with Crippen LogP contribution < -0.4 is 5.32 Å². The Morgan fingerprint density at radius 2 is 2.22 bits per heavy atom. The summed E-state index contributed by atoms with van der Waals surface area (Å²) in [5, 5.41) is 13.2. The van der Waals surface area contributed by atoms with Crippen molar-refractivity contribution in [1.29, 1.82) is 0 Å². The highest BCUT2D eigenvalue weighted by atomic mass is 35.5. The number of nitrogens with one attached hydrogen (secondary N) is 1. The summed E-state index contributed by atoms with van der Waals surface area (Å²) in [4.78, 5) is 10.6. The van der Waals surface area contributed by atoms with Gasteiger partial charge in [-0.05, 0) is 18.2 Å². The van der Waals surface area contributed by atoms with Gasteiger partial charge in [-0.2, -0.15) is 0 Å². The van der Waals surface area contributed by atoms with E-state index >= 15 is 0 Å². The first-order chi connectivity index (χ1) is 8.56. The van der Waals surface area contributed by atoms with Crippen LogP contribution in [0.3, 0.4) is 0 Å². The van der Waals surface area contributed by atoms with E-state index in [0.717, 1.165) is 16.6 Å². The molecule has 1 atom stereocenters. The Hall–Kier alpha value is -1.39. The standard InChI is InChI=1S/C12H10Cl2N2O2/c13-9-1-2-10-8(11(9)14)4-7-3-6(5-16(7)10)15-12(17)18/h1-2,4,6,15H,3,5H2,(H,17,18). The van der Waals surface area contributed by atoms with Crippen molar-refractivity contribution in [3.8, 4) is 0 Å². The third-order valence-electron chi connectivity index (χ3n) is 3.24. The molecule has 2 heterocycles. The number of hydrogen-bond acceptors (Lipinski definition) is 1. The average Bonchev–Trinajstić information content (AvgIpc) is 2.80. The Balaban J connectivity index is 2.02. The van der Waals surface area contributed by atoms with E-state index in [4.69, 9.17) is 28.3 Å². The molecule has 1 aromatic carbocycles. The molecule has 3 rings (SSSR count). The van der Waals surface area contributed by atoms with E-state index in [1.54, 1.807) is 6.07 Å². The lowest BCUT2D eigenvalue weighted by atomic mass is 10.2. The first kappa shape index (κ1) is 11.7. The minimum Gasteiger partial charge on any atom is -0.465 e. The zero-order valence-electron chi connectivity index (χ0n) is 9.28. The SMILES string of the molecule is O=C(O)NC1Cc2cc3c(Cl)c(Cl)ccc3n2C1. The summed E-state index contributed by atoms with van der Waals surface area (Å²) in [6.07, 6.45) is -0.314. The predicted octanol–water partition coefficient (Wildman–Crippen LogP) is 3.14. The van der Waals surface area contributed by atoms with Gasteiger partial charge in [0.1, 0.15) is 0 Å². The van der Waals surface area contributed by atoms with E-state index in [0.29, 0.717) is 23.0 Å². The first-order valence-corrected chi connectivity index (χ1v) is 6.27. The minimum absolute atomic E-state index is 0.0728. The number of carbonyl (C=O) groups is 1. The number of nitrogens with zero attached hydrogens (tertiary/aromatic N) is 1. The summed E-state index contributed by atoms with van der Waals surface area (Å²) >= 11 is 12.1. The molecule has 2 N–H and O–H groups in total.